The summed E-state index contributed by atoms with van der Waals surface area (Å²) in [5.41, 5.74) is 2.03. The molecule has 2 aliphatic heterocycles. The molecule has 6 heteroatoms. The Labute approximate surface area is 153 Å². The van der Waals surface area contributed by atoms with Crippen LogP contribution in [0.15, 0.2) is 34.9 Å². The van der Waals surface area contributed by atoms with E-state index in [0.29, 0.717) is 19.0 Å². The predicted octanol–water partition coefficient (Wildman–Crippen LogP) is 2.75. The predicted molar refractivity (Wildman–Crippen MR) is 96.6 cm³/mol. The Kier molecular flexibility index (Phi) is 4.84. The average molecular weight is 356 g/mol. The first kappa shape index (κ1) is 17.0. The van der Waals surface area contributed by atoms with E-state index in [1.807, 2.05) is 25.1 Å². The van der Waals surface area contributed by atoms with Gasteiger partial charge in [0.1, 0.15) is 13.2 Å². The third-order valence-electron chi connectivity index (χ3n) is 5.03. The van der Waals surface area contributed by atoms with Crippen molar-refractivity contribution in [1.82, 2.24) is 10.2 Å². The molecule has 1 N–H and O–H groups in total. The van der Waals surface area contributed by atoms with Crippen LogP contribution in [-0.2, 0) is 6.54 Å². The second-order valence-electron chi connectivity index (χ2n) is 6.90. The lowest BCUT2D eigenvalue weighted by atomic mass is 10.0. The van der Waals surface area contributed by atoms with Crippen LogP contribution >= 0.6 is 0 Å². The first-order chi connectivity index (χ1) is 12.7. The average Bonchev–Trinajstić information content (AvgIpc) is 3.10. The molecule has 3 heterocycles. The first-order valence-electron chi connectivity index (χ1n) is 9.15. The summed E-state index contributed by atoms with van der Waals surface area (Å²) in [6, 6.07) is 8.07. The molecule has 2 aromatic rings. The van der Waals surface area contributed by atoms with Crippen LogP contribution in [0.2, 0.25) is 0 Å². The number of benzene rings is 1. The molecule has 0 aliphatic carbocycles. The van der Waals surface area contributed by atoms with E-state index in [4.69, 9.17) is 13.9 Å². The van der Waals surface area contributed by atoms with Crippen molar-refractivity contribution in [3.05, 3.63) is 47.4 Å². The van der Waals surface area contributed by atoms with Gasteiger partial charge in [0.25, 0.3) is 5.91 Å². The highest BCUT2D eigenvalue weighted by Crippen LogP contribution is 2.34. The topological polar surface area (TPSA) is 63.9 Å². The van der Waals surface area contributed by atoms with Gasteiger partial charge in [0.15, 0.2) is 17.3 Å². The second-order valence-corrected chi connectivity index (χ2v) is 6.90. The third-order valence-corrected chi connectivity index (χ3v) is 5.03. The number of rotatable bonds is 4. The lowest BCUT2D eigenvalue weighted by molar-refractivity contribution is 0.0879. The maximum Gasteiger partial charge on any atom is 0.287 e. The minimum atomic E-state index is -0.117. The Morgan fingerprint density at radius 3 is 2.77 bits per heavy atom. The zero-order chi connectivity index (χ0) is 17.9. The van der Waals surface area contributed by atoms with Gasteiger partial charge in [0.2, 0.25) is 0 Å². The molecular formula is C20H24N2O4. The molecule has 1 fully saturated rings. The normalized spacial score (nSPS) is 17.9. The van der Waals surface area contributed by atoms with Crippen molar-refractivity contribution in [2.24, 2.45) is 0 Å². The molecule has 26 heavy (non-hydrogen) atoms. The van der Waals surface area contributed by atoms with E-state index in [9.17, 15) is 4.79 Å². The van der Waals surface area contributed by atoms with E-state index in [0.717, 1.165) is 55.1 Å². The number of fused-ring (bicyclic) bond motifs is 1. The van der Waals surface area contributed by atoms with Crippen LogP contribution < -0.4 is 14.8 Å². The summed E-state index contributed by atoms with van der Waals surface area (Å²) < 4.78 is 16.7. The van der Waals surface area contributed by atoms with Gasteiger partial charge in [-0.2, -0.15) is 0 Å². The zero-order valence-corrected chi connectivity index (χ0v) is 15.0. The molecule has 0 saturated carbocycles. The fourth-order valence-electron chi connectivity index (χ4n) is 3.59. The van der Waals surface area contributed by atoms with E-state index in [1.54, 1.807) is 6.26 Å². The van der Waals surface area contributed by atoms with E-state index in [2.05, 4.69) is 16.3 Å². The number of para-hydroxylation sites is 1. The molecule has 0 spiro atoms. The molecule has 1 aromatic carbocycles. The molecule has 1 amide bonds. The molecule has 0 radical (unpaired) electrons. The maximum absolute atomic E-state index is 12.3. The van der Waals surface area contributed by atoms with Crippen LogP contribution in [0.3, 0.4) is 0 Å². The number of nitrogens with zero attached hydrogens (tertiary/aromatic N) is 1. The van der Waals surface area contributed by atoms with Crippen LogP contribution in [0, 0.1) is 6.92 Å². The quantitative estimate of drug-likeness (QED) is 0.913. The van der Waals surface area contributed by atoms with Crippen molar-refractivity contribution in [1.29, 1.82) is 0 Å². The zero-order valence-electron chi connectivity index (χ0n) is 15.0. The van der Waals surface area contributed by atoms with Gasteiger partial charge in [0.05, 0.1) is 6.26 Å². The van der Waals surface area contributed by atoms with Crippen LogP contribution in [0.1, 0.15) is 34.5 Å². The number of carbonyl (C=O) groups is 1. The first-order valence-corrected chi connectivity index (χ1v) is 9.15. The number of carbonyl (C=O) groups excluding carboxylic acids is 1. The fraction of sp³-hybridized carbons (Fsp3) is 0.450. The third kappa shape index (κ3) is 3.55. The fourth-order valence-corrected chi connectivity index (χ4v) is 3.59. The summed E-state index contributed by atoms with van der Waals surface area (Å²) in [6.07, 6.45) is 3.41. The lowest BCUT2D eigenvalue weighted by Gasteiger charge is -2.33. The number of hydrogen-bond donors (Lipinski definition) is 1. The van der Waals surface area contributed by atoms with Crippen LogP contribution in [0.4, 0.5) is 0 Å². The molecule has 2 aliphatic rings. The number of aryl methyl sites for hydroxylation is 1. The van der Waals surface area contributed by atoms with Crippen LogP contribution in [0.5, 0.6) is 11.5 Å². The highest BCUT2D eigenvalue weighted by molar-refractivity contribution is 5.92. The Morgan fingerprint density at radius 1 is 1.19 bits per heavy atom. The summed E-state index contributed by atoms with van der Waals surface area (Å²) in [5, 5.41) is 3.09. The van der Waals surface area contributed by atoms with Gasteiger partial charge in [-0.15, -0.1) is 0 Å². The Hall–Kier alpha value is -2.47. The van der Waals surface area contributed by atoms with Gasteiger partial charge in [-0.05, 0) is 31.9 Å². The molecule has 0 unspecified atom stereocenters. The number of furan rings is 1. The molecule has 0 bridgehead atoms. The summed E-state index contributed by atoms with van der Waals surface area (Å²) >= 11 is 0. The standard InChI is InChI=1S/C20H24N2O4/c1-14-7-10-25-18(14)20(23)21-16-5-8-22(9-6-16)13-15-3-2-4-17-19(15)26-12-11-24-17/h2-4,7,10,16H,5-6,8-9,11-13H2,1H3,(H,21,23). The number of amides is 1. The van der Waals surface area contributed by atoms with Gasteiger partial charge in [-0.1, -0.05) is 12.1 Å². The molecular weight excluding hydrogens is 332 g/mol. The number of likely N-dealkylation sites (tertiary alicyclic amines) is 1. The van der Waals surface area contributed by atoms with E-state index in [1.165, 1.54) is 0 Å². The number of ether oxygens (including phenoxy) is 2. The molecule has 1 aromatic heterocycles. The van der Waals surface area contributed by atoms with Gasteiger partial charge in [-0.25, -0.2) is 0 Å². The van der Waals surface area contributed by atoms with Gasteiger partial charge in [-0.3, -0.25) is 9.69 Å². The number of hydrogen-bond acceptors (Lipinski definition) is 5. The van der Waals surface area contributed by atoms with Crippen molar-refractivity contribution >= 4 is 5.91 Å². The number of nitrogens with one attached hydrogen (secondary N) is 1. The molecule has 1 saturated heterocycles. The van der Waals surface area contributed by atoms with Crippen molar-refractivity contribution in [2.75, 3.05) is 26.3 Å². The molecule has 0 atom stereocenters. The van der Waals surface area contributed by atoms with Crippen LogP contribution in [0.25, 0.3) is 0 Å². The highest BCUT2D eigenvalue weighted by atomic mass is 16.6. The lowest BCUT2D eigenvalue weighted by Crippen LogP contribution is -2.44. The molecule has 4 rings (SSSR count). The van der Waals surface area contributed by atoms with E-state index < -0.39 is 0 Å². The van der Waals surface area contributed by atoms with Gasteiger partial charge >= 0.3 is 0 Å². The van der Waals surface area contributed by atoms with Crippen LogP contribution in [-0.4, -0.2) is 43.2 Å². The smallest absolute Gasteiger partial charge is 0.287 e. The van der Waals surface area contributed by atoms with Crippen molar-refractivity contribution in [3.63, 3.8) is 0 Å². The summed E-state index contributed by atoms with van der Waals surface area (Å²) in [6.45, 7) is 5.80. The summed E-state index contributed by atoms with van der Waals surface area (Å²) in [4.78, 5) is 14.7. The number of piperidine rings is 1. The Bertz CT molecular complexity index is 778. The van der Waals surface area contributed by atoms with Gasteiger partial charge < -0.3 is 19.2 Å². The van der Waals surface area contributed by atoms with Crippen molar-refractivity contribution in [2.45, 2.75) is 32.4 Å². The van der Waals surface area contributed by atoms with E-state index >= 15 is 0 Å². The summed E-state index contributed by atoms with van der Waals surface area (Å²) in [7, 11) is 0. The Morgan fingerprint density at radius 2 is 2.00 bits per heavy atom. The maximum atomic E-state index is 12.3. The van der Waals surface area contributed by atoms with E-state index in [-0.39, 0.29) is 11.9 Å². The van der Waals surface area contributed by atoms with Crippen molar-refractivity contribution < 1.29 is 18.7 Å². The second kappa shape index (κ2) is 7.41. The largest absolute Gasteiger partial charge is 0.486 e. The summed E-state index contributed by atoms with van der Waals surface area (Å²) in [5.74, 6) is 2.02. The minimum Gasteiger partial charge on any atom is -0.486 e. The van der Waals surface area contributed by atoms with Crippen molar-refractivity contribution in [3.8, 4) is 11.5 Å². The monoisotopic (exact) mass is 356 g/mol. The SMILES string of the molecule is Cc1ccoc1C(=O)NC1CCN(Cc2cccc3c2OCCO3)CC1. The minimum absolute atomic E-state index is 0.117. The molecule has 138 valence electrons. The highest BCUT2D eigenvalue weighted by Gasteiger charge is 2.24. The van der Waals surface area contributed by atoms with Gasteiger partial charge in [0, 0.05) is 36.8 Å². The molecule has 6 nitrogen and oxygen atoms in total. The Balaban J connectivity index is 1.32.